The van der Waals surface area contributed by atoms with Gasteiger partial charge in [0, 0.05) is 12.3 Å². The molecule has 6 nitrogen and oxygen atoms in total. The van der Waals surface area contributed by atoms with Crippen molar-refractivity contribution >= 4 is 5.65 Å². The number of methoxy groups -OCH3 is 1. The van der Waals surface area contributed by atoms with Crippen LogP contribution >= 0.6 is 0 Å². The van der Waals surface area contributed by atoms with E-state index in [0.29, 0.717) is 28.3 Å². The second-order valence-electron chi connectivity index (χ2n) is 4.16. The summed E-state index contributed by atoms with van der Waals surface area (Å²) >= 11 is 0. The Bertz CT molecular complexity index is 833. The van der Waals surface area contributed by atoms with E-state index >= 15 is 0 Å². The summed E-state index contributed by atoms with van der Waals surface area (Å²) in [5, 5.41) is 26.9. The molecule has 0 amide bonds. The number of fused-ring (bicyclic) bond motifs is 1. The first-order chi connectivity index (χ1) is 9.72. The van der Waals surface area contributed by atoms with Crippen LogP contribution in [-0.4, -0.2) is 26.8 Å². The van der Waals surface area contributed by atoms with Gasteiger partial charge in [0.1, 0.15) is 11.5 Å². The Hall–Kier alpha value is -3.07. The van der Waals surface area contributed by atoms with E-state index in [1.54, 1.807) is 48.0 Å². The van der Waals surface area contributed by atoms with Gasteiger partial charge in [-0.05, 0) is 24.3 Å². The Balaban J connectivity index is 2.22. The monoisotopic (exact) mass is 266 g/mol. The van der Waals surface area contributed by atoms with Crippen LogP contribution in [0.1, 0.15) is 5.56 Å². The third-order valence-electron chi connectivity index (χ3n) is 2.98. The van der Waals surface area contributed by atoms with Gasteiger partial charge in [0.15, 0.2) is 11.5 Å². The topological polar surface area (TPSA) is 83.4 Å². The first-order valence-electron chi connectivity index (χ1n) is 5.85. The van der Waals surface area contributed by atoms with E-state index < -0.39 is 0 Å². The fourth-order valence-electron chi connectivity index (χ4n) is 1.97. The summed E-state index contributed by atoms with van der Waals surface area (Å²) in [6.07, 6.45) is 1.70. The van der Waals surface area contributed by atoms with E-state index in [1.165, 1.54) is 0 Å². The first kappa shape index (κ1) is 12.0. The van der Waals surface area contributed by atoms with E-state index in [-0.39, 0.29) is 5.75 Å². The van der Waals surface area contributed by atoms with Crippen molar-refractivity contribution in [3.63, 3.8) is 0 Å². The normalized spacial score (nSPS) is 10.4. The van der Waals surface area contributed by atoms with E-state index in [1.807, 2.05) is 6.07 Å². The highest BCUT2D eigenvalue weighted by Gasteiger charge is 2.13. The number of rotatable bonds is 2. The molecule has 0 spiro atoms. The van der Waals surface area contributed by atoms with Gasteiger partial charge in [-0.25, -0.2) is 0 Å². The Morgan fingerprint density at radius 1 is 1.25 bits per heavy atom. The third-order valence-corrected chi connectivity index (χ3v) is 2.98. The van der Waals surface area contributed by atoms with Gasteiger partial charge in [-0.15, -0.1) is 10.2 Å². The average molecular weight is 266 g/mol. The molecule has 3 rings (SSSR count). The molecular formula is C14H10N4O2. The van der Waals surface area contributed by atoms with Crippen molar-refractivity contribution in [2.24, 2.45) is 0 Å². The summed E-state index contributed by atoms with van der Waals surface area (Å²) in [6, 6.07) is 10.2. The lowest BCUT2D eigenvalue weighted by Gasteiger charge is -2.06. The minimum absolute atomic E-state index is 0.0875. The zero-order chi connectivity index (χ0) is 14.1. The van der Waals surface area contributed by atoms with Crippen molar-refractivity contribution in [3.05, 3.63) is 42.1 Å². The summed E-state index contributed by atoms with van der Waals surface area (Å²) in [7, 11) is 1.55. The van der Waals surface area contributed by atoms with Crippen molar-refractivity contribution in [2.75, 3.05) is 7.11 Å². The van der Waals surface area contributed by atoms with Crippen molar-refractivity contribution in [1.29, 1.82) is 5.26 Å². The summed E-state index contributed by atoms with van der Waals surface area (Å²) < 4.78 is 6.85. The number of phenolic OH excluding ortho intramolecular Hbond substituents is 1. The summed E-state index contributed by atoms with van der Waals surface area (Å²) in [6.45, 7) is 0. The molecule has 20 heavy (non-hydrogen) atoms. The van der Waals surface area contributed by atoms with Crippen LogP contribution in [0.3, 0.4) is 0 Å². The highest BCUT2D eigenvalue weighted by molar-refractivity contribution is 5.68. The van der Waals surface area contributed by atoms with Crippen LogP contribution in [0.2, 0.25) is 0 Å². The highest BCUT2D eigenvalue weighted by atomic mass is 16.5. The summed E-state index contributed by atoms with van der Waals surface area (Å²) in [5.74, 6) is 1.19. The van der Waals surface area contributed by atoms with Crippen molar-refractivity contribution in [3.8, 4) is 29.0 Å². The molecule has 0 fully saturated rings. The number of ether oxygens (including phenoxy) is 1. The van der Waals surface area contributed by atoms with Crippen LogP contribution in [0.5, 0.6) is 11.5 Å². The quantitative estimate of drug-likeness (QED) is 0.766. The predicted molar refractivity (Wildman–Crippen MR) is 71.4 cm³/mol. The molecule has 6 heteroatoms. The lowest BCUT2D eigenvalue weighted by atomic mass is 10.1. The molecule has 1 N–H and O–H groups in total. The Morgan fingerprint density at radius 3 is 2.85 bits per heavy atom. The van der Waals surface area contributed by atoms with E-state index in [9.17, 15) is 5.11 Å². The minimum atomic E-state index is 0.0875. The molecule has 0 aliphatic rings. The molecule has 98 valence electrons. The molecule has 0 aliphatic heterocycles. The number of pyridine rings is 1. The summed E-state index contributed by atoms with van der Waals surface area (Å²) in [4.78, 5) is 0. The predicted octanol–water partition coefficient (Wildman–Crippen LogP) is 1.98. The number of nitriles is 1. The number of aromatic nitrogens is 3. The largest absolute Gasteiger partial charge is 0.507 e. The first-order valence-corrected chi connectivity index (χ1v) is 5.85. The van der Waals surface area contributed by atoms with Crippen LogP contribution in [-0.2, 0) is 0 Å². The average Bonchev–Trinajstić information content (AvgIpc) is 2.90. The van der Waals surface area contributed by atoms with Crippen LogP contribution < -0.4 is 4.74 Å². The van der Waals surface area contributed by atoms with Crippen molar-refractivity contribution < 1.29 is 9.84 Å². The number of phenols is 1. The van der Waals surface area contributed by atoms with E-state index in [4.69, 9.17) is 10.00 Å². The Morgan fingerprint density at radius 2 is 2.10 bits per heavy atom. The van der Waals surface area contributed by atoms with Crippen molar-refractivity contribution in [2.45, 2.75) is 0 Å². The van der Waals surface area contributed by atoms with Gasteiger partial charge in [0.2, 0.25) is 0 Å². The smallest absolute Gasteiger partial charge is 0.172 e. The minimum Gasteiger partial charge on any atom is -0.507 e. The lowest BCUT2D eigenvalue weighted by molar-refractivity contribution is 0.412. The zero-order valence-corrected chi connectivity index (χ0v) is 10.6. The maximum Gasteiger partial charge on any atom is 0.172 e. The summed E-state index contributed by atoms with van der Waals surface area (Å²) in [5.41, 5.74) is 1.56. The van der Waals surface area contributed by atoms with Gasteiger partial charge in [-0.3, -0.25) is 4.40 Å². The molecule has 3 aromatic rings. The molecule has 0 atom stereocenters. The van der Waals surface area contributed by atoms with E-state index in [0.717, 1.165) is 0 Å². The van der Waals surface area contributed by atoms with Gasteiger partial charge in [0.25, 0.3) is 0 Å². The molecular weight excluding hydrogens is 256 g/mol. The molecule has 0 saturated carbocycles. The Kier molecular flexibility index (Phi) is 2.73. The standard InChI is InChI=1S/C14H10N4O2/c1-20-10-2-3-12(19)11(7-10)14-17-16-13-6-9(8-15)4-5-18(13)14/h2-7,19H,1H3. The van der Waals surface area contributed by atoms with Crippen molar-refractivity contribution in [1.82, 2.24) is 14.6 Å². The van der Waals surface area contributed by atoms with Crippen LogP contribution in [0.25, 0.3) is 17.0 Å². The maximum absolute atomic E-state index is 9.97. The molecule has 0 bridgehead atoms. The number of aromatic hydroxyl groups is 1. The molecule has 0 saturated heterocycles. The number of nitrogens with zero attached hydrogens (tertiary/aromatic N) is 4. The Labute approximate surface area is 114 Å². The fraction of sp³-hybridized carbons (Fsp3) is 0.0714. The maximum atomic E-state index is 9.97. The lowest BCUT2D eigenvalue weighted by Crippen LogP contribution is -1.91. The van der Waals surface area contributed by atoms with Crippen LogP contribution in [0.4, 0.5) is 0 Å². The molecule has 0 unspecified atom stereocenters. The molecule has 0 radical (unpaired) electrons. The van der Waals surface area contributed by atoms with Gasteiger partial charge < -0.3 is 9.84 Å². The van der Waals surface area contributed by atoms with E-state index in [2.05, 4.69) is 10.2 Å². The SMILES string of the molecule is COc1ccc(O)c(-c2nnc3cc(C#N)ccn23)c1. The van der Waals surface area contributed by atoms with Crippen LogP contribution in [0.15, 0.2) is 36.5 Å². The number of hydrogen-bond acceptors (Lipinski definition) is 5. The molecule has 2 aromatic heterocycles. The van der Waals surface area contributed by atoms with Crippen LogP contribution in [0, 0.1) is 11.3 Å². The highest BCUT2D eigenvalue weighted by Crippen LogP contribution is 2.31. The third kappa shape index (κ3) is 1.82. The fourth-order valence-corrected chi connectivity index (χ4v) is 1.97. The van der Waals surface area contributed by atoms with Gasteiger partial charge >= 0.3 is 0 Å². The van der Waals surface area contributed by atoms with Gasteiger partial charge in [-0.1, -0.05) is 0 Å². The molecule has 1 aromatic carbocycles. The van der Waals surface area contributed by atoms with Gasteiger partial charge in [-0.2, -0.15) is 5.26 Å². The molecule has 2 heterocycles. The second kappa shape index (κ2) is 4.55. The number of benzene rings is 1. The van der Waals surface area contributed by atoms with Gasteiger partial charge in [0.05, 0.1) is 24.3 Å². The zero-order valence-electron chi connectivity index (χ0n) is 10.6. The number of hydrogen-bond donors (Lipinski definition) is 1. The second-order valence-corrected chi connectivity index (χ2v) is 4.16. The molecule has 0 aliphatic carbocycles.